The summed E-state index contributed by atoms with van der Waals surface area (Å²) >= 11 is 0. The Morgan fingerprint density at radius 1 is 1.05 bits per heavy atom. The molecule has 21 heavy (non-hydrogen) atoms. The molecule has 0 spiro atoms. The highest BCUT2D eigenvalue weighted by atomic mass is 16.7. The van der Waals surface area contributed by atoms with Crippen molar-refractivity contribution in [2.75, 3.05) is 6.61 Å². The molecule has 0 amide bonds. The molecular weight excluding hydrogens is 263 g/mol. The van der Waals surface area contributed by atoms with Crippen LogP contribution in [-0.2, 0) is 9.31 Å². The molecule has 1 saturated heterocycles. The number of hydrogen-bond donors (Lipinski definition) is 0. The van der Waals surface area contributed by atoms with Crippen molar-refractivity contribution in [2.45, 2.75) is 65.6 Å². The predicted octanol–water partition coefficient (Wildman–Crippen LogP) is 3.51. The van der Waals surface area contributed by atoms with E-state index in [0.717, 1.165) is 11.2 Å². The van der Waals surface area contributed by atoms with Crippen LogP contribution < -0.4 is 10.2 Å². The molecule has 0 aliphatic carbocycles. The molecule has 116 valence electrons. The summed E-state index contributed by atoms with van der Waals surface area (Å²) in [6.07, 6.45) is 0. The van der Waals surface area contributed by atoms with Crippen LogP contribution in [-0.4, -0.2) is 24.9 Å². The van der Waals surface area contributed by atoms with Crippen molar-refractivity contribution >= 4 is 12.6 Å². The third kappa shape index (κ3) is 3.27. The largest absolute Gasteiger partial charge is 0.494 e. The molecule has 0 aromatic heterocycles. The second-order valence-corrected chi connectivity index (χ2v) is 7.01. The molecule has 4 heteroatoms. The zero-order valence-electron chi connectivity index (χ0n) is 14.3. The summed E-state index contributed by atoms with van der Waals surface area (Å²) in [5, 5.41) is 0. The highest BCUT2D eigenvalue weighted by Crippen LogP contribution is 2.36. The Hall–Kier alpha value is -0.995. The van der Waals surface area contributed by atoms with Gasteiger partial charge in [0, 0.05) is 0 Å². The minimum absolute atomic E-state index is 0.322. The minimum Gasteiger partial charge on any atom is -0.494 e. The van der Waals surface area contributed by atoms with Crippen LogP contribution >= 0.6 is 0 Å². The minimum atomic E-state index is -0.340. The fourth-order valence-corrected chi connectivity index (χ4v) is 2.34. The molecule has 1 aromatic rings. The molecule has 3 nitrogen and oxygen atoms in total. The molecule has 2 rings (SSSR count). The van der Waals surface area contributed by atoms with E-state index in [1.165, 1.54) is 5.56 Å². The van der Waals surface area contributed by atoms with Gasteiger partial charge in [-0.3, -0.25) is 0 Å². The molecule has 1 aromatic carbocycles. The number of benzene rings is 1. The summed E-state index contributed by atoms with van der Waals surface area (Å²) in [5.41, 5.74) is 1.63. The van der Waals surface area contributed by atoms with E-state index in [9.17, 15) is 0 Å². The lowest BCUT2D eigenvalue weighted by Crippen LogP contribution is -2.41. The lowest BCUT2D eigenvalue weighted by atomic mass is 9.77. The first-order chi connectivity index (χ1) is 9.66. The Balaban J connectivity index is 2.36. The Bertz CT molecular complexity index is 493. The molecule has 0 saturated carbocycles. The van der Waals surface area contributed by atoms with E-state index in [1.54, 1.807) is 0 Å². The van der Waals surface area contributed by atoms with Crippen LogP contribution in [0, 0.1) is 0 Å². The Labute approximate surface area is 129 Å². The van der Waals surface area contributed by atoms with Crippen molar-refractivity contribution in [3.05, 3.63) is 23.8 Å². The van der Waals surface area contributed by atoms with Crippen LogP contribution in [0.5, 0.6) is 5.75 Å². The fraction of sp³-hybridized carbons (Fsp3) is 0.647. The molecule has 1 heterocycles. The van der Waals surface area contributed by atoms with Gasteiger partial charge in [-0.2, -0.15) is 0 Å². The van der Waals surface area contributed by atoms with E-state index >= 15 is 0 Å². The first-order valence-electron chi connectivity index (χ1n) is 7.79. The summed E-state index contributed by atoms with van der Waals surface area (Å²) in [6, 6.07) is 6.29. The van der Waals surface area contributed by atoms with Crippen molar-refractivity contribution in [1.29, 1.82) is 0 Å². The lowest BCUT2D eigenvalue weighted by molar-refractivity contribution is 0.00578. The van der Waals surface area contributed by atoms with Crippen LogP contribution in [0.2, 0.25) is 0 Å². The predicted molar refractivity (Wildman–Crippen MR) is 87.4 cm³/mol. The monoisotopic (exact) mass is 290 g/mol. The van der Waals surface area contributed by atoms with Crippen molar-refractivity contribution in [3.63, 3.8) is 0 Å². The number of ether oxygens (including phenoxy) is 1. The van der Waals surface area contributed by atoms with Gasteiger partial charge in [0.25, 0.3) is 0 Å². The molecule has 0 atom stereocenters. The van der Waals surface area contributed by atoms with Gasteiger partial charge in [-0.25, -0.2) is 0 Å². The second-order valence-electron chi connectivity index (χ2n) is 7.01. The highest BCUT2D eigenvalue weighted by Gasteiger charge is 2.51. The van der Waals surface area contributed by atoms with E-state index in [1.807, 2.05) is 13.0 Å². The maximum absolute atomic E-state index is 6.14. The zero-order chi connectivity index (χ0) is 15.8. The Morgan fingerprint density at radius 3 is 2.10 bits per heavy atom. The summed E-state index contributed by atoms with van der Waals surface area (Å²) in [5.74, 6) is 1.32. The lowest BCUT2D eigenvalue weighted by Gasteiger charge is -2.32. The summed E-state index contributed by atoms with van der Waals surface area (Å²) in [7, 11) is -0.340. The van der Waals surface area contributed by atoms with E-state index < -0.39 is 0 Å². The van der Waals surface area contributed by atoms with Crippen LogP contribution in [0.3, 0.4) is 0 Å². The van der Waals surface area contributed by atoms with Crippen molar-refractivity contribution in [3.8, 4) is 5.75 Å². The Kier molecular flexibility index (Phi) is 4.41. The van der Waals surface area contributed by atoms with Crippen LogP contribution in [0.1, 0.15) is 59.9 Å². The number of rotatable bonds is 4. The molecule has 1 aliphatic heterocycles. The zero-order valence-corrected chi connectivity index (χ0v) is 14.3. The normalized spacial score (nSPS) is 20.1. The summed E-state index contributed by atoms with van der Waals surface area (Å²) < 4.78 is 18.0. The van der Waals surface area contributed by atoms with E-state index in [4.69, 9.17) is 14.0 Å². The van der Waals surface area contributed by atoms with Gasteiger partial charge >= 0.3 is 7.12 Å². The fourth-order valence-electron chi connectivity index (χ4n) is 2.34. The molecule has 0 radical (unpaired) electrons. The first-order valence-corrected chi connectivity index (χ1v) is 7.79. The molecule has 0 bridgehead atoms. The third-order valence-electron chi connectivity index (χ3n) is 4.45. The third-order valence-corrected chi connectivity index (χ3v) is 4.45. The van der Waals surface area contributed by atoms with Crippen LogP contribution in [0.15, 0.2) is 18.2 Å². The van der Waals surface area contributed by atoms with Gasteiger partial charge in [0.2, 0.25) is 0 Å². The quantitative estimate of drug-likeness (QED) is 0.794. The maximum Gasteiger partial charge on any atom is 0.494 e. The van der Waals surface area contributed by atoms with Gasteiger partial charge in [0.15, 0.2) is 0 Å². The van der Waals surface area contributed by atoms with E-state index in [2.05, 4.69) is 53.7 Å². The summed E-state index contributed by atoms with van der Waals surface area (Å²) in [4.78, 5) is 0. The van der Waals surface area contributed by atoms with Gasteiger partial charge in [-0.1, -0.05) is 19.9 Å². The highest BCUT2D eigenvalue weighted by molar-refractivity contribution is 6.62. The Morgan fingerprint density at radius 2 is 1.62 bits per heavy atom. The second kappa shape index (κ2) is 5.66. The average Bonchev–Trinajstić information content (AvgIpc) is 2.58. The van der Waals surface area contributed by atoms with Gasteiger partial charge in [0.05, 0.1) is 17.8 Å². The van der Waals surface area contributed by atoms with Gasteiger partial charge < -0.3 is 14.0 Å². The first kappa shape index (κ1) is 16.4. The molecule has 1 aliphatic rings. The summed E-state index contributed by atoms with van der Waals surface area (Å²) in [6.45, 7) is 15.3. The van der Waals surface area contributed by atoms with E-state index in [-0.39, 0.29) is 18.3 Å². The maximum atomic E-state index is 6.14. The smallest absolute Gasteiger partial charge is 0.494 e. The SMILES string of the molecule is CCOc1cc(B2OC(C)(C)C(C)(C)O2)cc(C(C)C)c1. The molecule has 1 fully saturated rings. The van der Waals surface area contributed by atoms with Crippen LogP contribution in [0.25, 0.3) is 0 Å². The van der Waals surface area contributed by atoms with E-state index in [0.29, 0.717) is 12.5 Å². The van der Waals surface area contributed by atoms with Crippen molar-refractivity contribution in [1.82, 2.24) is 0 Å². The van der Waals surface area contributed by atoms with Gasteiger partial charge in [-0.15, -0.1) is 0 Å². The van der Waals surface area contributed by atoms with Crippen molar-refractivity contribution in [2.24, 2.45) is 0 Å². The number of hydrogen-bond acceptors (Lipinski definition) is 3. The van der Waals surface area contributed by atoms with Crippen LogP contribution in [0.4, 0.5) is 0 Å². The molecular formula is C17H27BO3. The topological polar surface area (TPSA) is 27.7 Å². The standard InChI is InChI=1S/C17H27BO3/c1-8-19-15-10-13(12(2)3)9-14(11-15)18-20-16(4,5)17(6,7)21-18/h9-12H,8H2,1-7H3. The molecule has 0 unspecified atom stereocenters. The average molecular weight is 290 g/mol. The molecule has 0 N–H and O–H groups in total. The van der Waals surface area contributed by atoms with Gasteiger partial charge in [0.1, 0.15) is 5.75 Å². The van der Waals surface area contributed by atoms with Gasteiger partial charge in [-0.05, 0) is 63.7 Å². The van der Waals surface area contributed by atoms with Crippen molar-refractivity contribution < 1.29 is 14.0 Å².